The number of anilines is 1. The smallest absolute Gasteiger partial charge is 0.257 e. The number of H-pyrrole nitrogens is 1. The van der Waals surface area contributed by atoms with Crippen LogP contribution in [0.4, 0.5) is 10.2 Å². The molecule has 0 fully saturated rings. The van der Waals surface area contributed by atoms with E-state index in [2.05, 4.69) is 15.3 Å². The maximum Gasteiger partial charge on any atom is 0.257 e. The van der Waals surface area contributed by atoms with E-state index < -0.39 is 5.92 Å². The highest BCUT2D eigenvalue weighted by Gasteiger charge is 2.32. The number of fused-ring (bicyclic) bond motifs is 2. The second-order valence-electron chi connectivity index (χ2n) is 6.93. The first-order valence-corrected chi connectivity index (χ1v) is 10.3. The number of hydrogen-bond donors (Lipinski definition) is 2. The highest BCUT2D eigenvalue weighted by molar-refractivity contribution is 7.98. The molecule has 3 heterocycles. The fourth-order valence-corrected chi connectivity index (χ4v) is 4.44. The molecule has 9 heteroatoms. The first kappa shape index (κ1) is 18.7. The molecule has 0 spiro atoms. The van der Waals surface area contributed by atoms with Crippen LogP contribution in [-0.2, 0) is 10.5 Å². The van der Waals surface area contributed by atoms with E-state index >= 15 is 0 Å². The Bertz CT molecular complexity index is 1210. The maximum absolute atomic E-state index is 13.8. The monoisotopic (exact) mass is 425 g/mol. The van der Waals surface area contributed by atoms with Crippen LogP contribution in [0.2, 0.25) is 0 Å². The minimum Gasteiger partial charge on any atom is -0.454 e. The fourth-order valence-electron chi connectivity index (χ4n) is 3.60. The molecule has 0 radical (unpaired) electrons. The van der Waals surface area contributed by atoms with Crippen LogP contribution in [0, 0.1) is 5.82 Å². The van der Waals surface area contributed by atoms with E-state index in [1.807, 2.05) is 6.07 Å². The van der Waals surface area contributed by atoms with Crippen molar-refractivity contribution in [2.75, 3.05) is 12.1 Å². The molecule has 3 aromatic rings. The summed E-state index contributed by atoms with van der Waals surface area (Å²) in [5.41, 5.74) is 1.34. The topological polar surface area (TPSA) is 93.3 Å². The zero-order chi connectivity index (χ0) is 20.7. The number of nitrogens with zero attached hydrogens (tertiary/aromatic N) is 1. The molecule has 2 aromatic carbocycles. The number of aromatic nitrogens is 2. The Labute approximate surface area is 174 Å². The second kappa shape index (κ2) is 7.49. The van der Waals surface area contributed by atoms with Crippen LogP contribution < -0.4 is 20.3 Å². The number of hydrogen-bond acceptors (Lipinski definition) is 6. The third kappa shape index (κ3) is 3.41. The van der Waals surface area contributed by atoms with Gasteiger partial charge in [-0.2, -0.15) is 0 Å². The summed E-state index contributed by atoms with van der Waals surface area (Å²) in [6.45, 7) is 0.144. The molecule has 0 aliphatic carbocycles. The molecule has 0 unspecified atom stereocenters. The van der Waals surface area contributed by atoms with Gasteiger partial charge in [0.2, 0.25) is 12.7 Å². The normalized spacial score (nSPS) is 16.8. The molecule has 5 rings (SSSR count). The SMILES string of the molecule is O=C1C[C@H](c2ccc3c(c2)OCO3)c2c(nc(SCc3ccccc3F)[nH]c2=O)N1. The molecular formula is C21H16FN3O4S. The number of carbonyl (C=O) groups is 1. The predicted octanol–water partition coefficient (Wildman–Crippen LogP) is 3.40. The average molecular weight is 425 g/mol. The van der Waals surface area contributed by atoms with Crippen LogP contribution >= 0.6 is 11.8 Å². The molecule has 30 heavy (non-hydrogen) atoms. The summed E-state index contributed by atoms with van der Waals surface area (Å²) in [6.07, 6.45) is 0.124. The predicted molar refractivity (Wildman–Crippen MR) is 108 cm³/mol. The van der Waals surface area contributed by atoms with Gasteiger partial charge in [-0.3, -0.25) is 9.59 Å². The molecule has 1 amide bonds. The second-order valence-corrected chi connectivity index (χ2v) is 7.90. The minimum atomic E-state index is -0.454. The molecule has 1 atom stereocenters. The molecule has 0 bridgehead atoms. The van der Waals surface area contributed by atoms with Gasteiger partial charge in [0.25, 0.3) is 5.56 Å². The zero-order valence-electron chi connectivity index (χ0n) is 15.6. The Morgan fingerprint density at radius 1 is 1.13 bits per heavy atom. The van der Waals surface area contributed by atoms with E-state index in [0.29, 0.717) is 33.5 Å². The van der Waals surface area contributed by atoms with Crippen molar-refractivity contribution in [2.24, 2.45) is 0 Å². The van der Waals surface area contributed by atoms with Crippen molar-refractivity contribution in [1.82, 2.24) is 9.97 Å². The molecular weight excluding hydrogens is 409 g/mol. The van der Waals surface area contributed by atoms with Crippen molar-refractivity contribution in [3.63, 3.8) is 0 Å². The highest BCUT2D eigenvalue weighted by atomic mass is 32.2. The van der Waals surface area contributed by atoms with E-state index in [1.165, 1.54) is 17.8 Å². The fraction of sp³-hybridized carbons (Fsp3) is 0.190. The first-order chi connectivity index (χ1) is 14.6. The van der Waals surface area contributed by atoms with Crippen molar-refractivity contribution >= 4 is 23.5 Å². The van der Waals surface area contributed by atoms with Crippen molar-refractivity contribution in [3.05, 3.63) is 75.3 Å². The molecule has 1 aromatic heterocycles. The largest absolute Gasteiger partial charge is 0.454 e. The quantitative estimate of drug-likeness (QED) is 0.492. The van der Waals surface area contributed by atoms with Crippen LogP contribution in [0.25, 0.3) is 0 Å². The van der Waals surface area contributed by atoms with E-state index in [0.717, 1.165) is 5.56 Å². The first-order valence-electron chi connectivity index (χ1n) is 9.28. The van der Waals surface area contributed by atoms with E-state index in [9.17, 15) is 14.0 Å². The Morgan fingerprint density at radius 2 is 1.97 bits per heavy atom. The van der Waals surface area contributed by atoms with E-state index in [1.54, 1.807) is 30.3 Å². The third-order valence-corrected chi connectivity index (χ3v) is 5.97. The summed E-state index contributed by atoms with van der Waals surface area (Å²) in [6, 6.07) is 11.8. The summed E-state index contributed by atoms with van der Waals surface area (Å²) >= 11 is 1.19. The van der Waals surface area contributed by atoms with Gasteiger partial charge in [0.15, 0.2) is 16.7 Å². The molecule has 2 aliphatic rings. The van der Waals surface area contributed by atoms with Crippen molar-refractivity contribution in [1.29, 1.82) is 0 Å². The molecule has 0 saturated carbocycles. The molecule has 7 nitrogen and oxygen atoms in total. The maximum atomic E-state index is 13.8. The molecule has 152 valence electrons. The van der Waals surface area contributed by atoms with Crippen molar-refractivity contribution in [3.8, 4) is 11.5 Å². The van der Waals surface area contributed by atoms with Crippen LogP contribution in [-0.4, -0.2) is 22.7 Å². The number of ether oxygens (including phenoxy) is 2. The summed E-state index contributed by atoms with van der Waals surface area (Å²) in [5, 5.41) is 3.00. The molecule has 2 N–H and O–H groups in total. The van der Waals surface area contributed by atoms with E-state index in [-0.39, 0.29) is 36.3 Å². The van der Waals surface area contributed by atoms with Crippen molar-refractivity contribution in [2.45, 2.75) is 23.2 Å². The number of halogens is 1. The van der Waals surface area contributed by atoms with Crippen LogP contribution in [0.5, 0.6) is 11.5 Å². The summed E-state index contributed by atoms with van der Waals surface area (Å²) < 4.78 is 24.6. The lowest BCUT2D eigenvalue weighted by Crippen LogP contribution is -2.31. The van der Waals surface area contributed by atoms with Gasteiger partial charge in [0, 0.05) is 18.1 Å². The van der Waals surface area contributed by atoms with Gasteiger partial charge in [-0.05, 0) is 29.3 Å². The van der Waals surface area contributed by atoms with Gasteiger partial charge in [-0.15, -0.1) is 0 Å². The average Bonchev–Trinajstić information content (AvgIpc) is 3.20. The van der Waals surface area contributed by atoms with Crippen LogP contribution in [0.3, 0.4) is 0 Å². The Morgan fingerprint density at radius 3 is 2.83 bits per heavy atom. The van der Waals surface area contributed by atoms with Gasteiger partial charge in [0.05, 0.1) is 5.56 Å². The number of amides is 1. The van der Waals surface area contributed by atoms with Crippen LogP contribution in [0.15, 0.2) is 52.4 Å². The van der Waals surface area contributed by atoms with Gasteiger partial charge in [0.1, 0.15) is 11.6 Å². The standard InChI is InChI=1S/C21H16FN3O4S/c22-14-4-2-1-3-12(14)9-30-21-24-19-18(20(27)25-21)13(8-17(26)23-19)11-5-6-15-16(7-11)29-10-28-15/h1-7,13H,8-10H2,(H2,23,24,25,26,27)/t13-/m1/s1. The molecule has 0 saturated heterocycles. The lowest BCUT2D eigenvalue weighted by atomic mass is 9.86. The minimum absolute atomic E-state index is 0.124. The number of thioether (sulfide) groups is 1. The van der Waals surface area contributed by atoms with Gasteiger partial charge in [-0.1, -0.05) is 36.0 Å². The van der Waals surface area contributed by atoms with Crippen molar-refractivity contribution < 1.29 is 18.7 Å². The van der Waals surface area contributed by atoms with Crippen LogP contribution in [0.1, 0.15) is 29.0 Å². The number of rotatable bonds is 4. The zero-order valence-corrected chi connectivity index (χ0v) is 16.4. The number of nitrogens with one attached hydrogen (secondary N) is 2. The number of carbonyl (C=O) groups excluding carboxylic acids is 1. The molecule has 2 aliphatic heterocycles. The lowest BCUT2D eigenvalue weighted by Gasteiger charge is -2.24. The Balaban J connectivity index is 1.47. The van der Waals surface area contributed by atoms with Gasteiger partial charge in [-0.25, -0.2) is 9.37 Å². The van der Waals surface area contributed by atoms with E-state index in [4.69, 9.17) is 9.47 Å². The van der Waals surface area contributed by atoms with Gasteiger partial charge >= 0.3 is 0 Å². The highest BCUT2D eigenvalue weighted by Crippen LogP contribution is 2.40. The van der Waals surface area contributed by atoms with Gasteiger partial charge < -0.3 is 19.8 Å². The summed E-state index contributed by atoms with van der Waals surface area (Å²) in [4.78, 5) is 32.4. The Hall–Kier alpha value is -3.33. The number of aromatic amines is 1. The Kier molecular flexibility index (Phi) is 4.66. The summed E-state index contributed by atoms with van der Waals surface area (Å²) in [5.74, 6) is 0.745. The summed E-state index contributed by atoms with van der Waals surface area (Å²) in [7, 11) is 0. The third-order valence-electron chi connectivity index (χ3n) is 5.05. The number of benzene rings is 2. The lowest BCUT2D eigenvalue weighted by molar-refractivity contribution is -0.116.